The predicted octanol–water partition coefficient (Wildman–Crippen LogP) is 5.14. The average molecular weight is 300 g/mol. The van der Waals surface area contributed by atoms with Gasteiger partial charge in [-0.25, -0.2) is 4.39 Å². The van der Waals surface area contributed by atoms with E-state index in [4.69, 9.17) is 16.0 Å². The Labute approximate surface area is 104 Å². The molecule has 0 aliphatic rings. The largest absolute Gasteiger partial charge is 0.453 e. The molecule has 0 N–H and O–H groups in total. The van der Waals surface area contributed by atoms with Gasteiger partial charge in [-0.3, -0.25) is 0 Å². The molecule has 3 aromatic rings. The Morgan fingerprint density at radius 1 is 1.12 bits per heavy atom. The summed E-state index contributed by atoms with van der Waals surface area (Å²) >= 11 is 9.34. The van der Waals surface area contributed by atoms with Crippen LogP contribution in [-0.4, -0.2) is 0 Å². The van der Waals surface area contributed by atoms with Crippen molar-refractivity contribution in [2.24, 2.45) is 0 Å². The molecule has 1 heterocycles. The van der Waals surface area contributed by atoms with Crippen LogP contribution in [0.15, 0.2) is 39.2 Å². The van der Waals surface area contributed by atoms with Crippen LogP contribution >= 0.6 is 27.5 Å². The van der Waals surface area contributed by atoms with Gasteiger partial charge in [0.25, 0.3) is 0 Å². The Morgan fingerprint density at radius 3 is 2.75 bits per heavy atom. The lowest BCUT2D eigenvalue weighted by Gasteiger charge is -1.93. The first-order valence-electron chi connectivity index (χ1n) is 4.63. The third-order valence-corrected chi connectivity index (χ3v) is 3.42. The Hall–Kier alpha value is -1.06. The van der Waals surface area contributed by atoms with E-state index in [-0.39, 0.29) is 5.82 Å². The zero-order valence-corrected chi connectivity index (χ0v) is 10.3. The number of rotatable bonds is 0. The lowest BCUT2D eigenvalue weighted by atomic mass is 10.1. The van der Waals surface area contributed by atoms with E-state index in [9.17, 15) is 4.39 Å². The number of halogens is 3. The SMILES string of the molecule is Fc1ccc(Cl)c2oc3c(Br)cccc3c12. The number of benzene rings is 2. The average Bonchev–Trinajstić information content (AvgIpc) is 2.66. The van der Waals surface area contributed by atoms with Gasteiger partial charge in [-0.05, 0) is 34.1 Å². The van der Waals surface area contributed by atoms with Crippen molar-refractivity contribution in [1.82, 2.24) is 0 Å². The van der Waals surface area contributed by atoms with Crippen LogP contribution in [0, 0.1) is 5.82 Å². The molecule has 0 saturated carbocycles. The minimum absolute atomic E-state index is 0.323. The van der Waals surface area contributed by atoms with Gasteiger partial charge in [0.15, 0.2) is 5.58 Å². The van der Waals surface area contributed by atoms with Crippen molar-refractivity contribution >= 4 is 49.5 Å². The molecule has 4 heteroatoms. The first-order chi connectivity index (χ1) is 7.68. The first-order valence-corrected chi connectivity index (χ1v) is 5.80. The highest BCUT2D eigenvalue weighted by molar-refractivity contribution is 9.10. The van der Waals surface area contributed by atoms with Gasteiger partial charge < -0.3 is 4.42 Å². The van der Waals surface area contributed by atoms with Crippen LogP contribution in [0.3, 0.4) is 0 Å². The normalized spacial score (nSPS) is 11.4. The van der Waals surface area contributed by atoms with Gasteiger partial charge in [-0.1, -0.05) is 23.7 Å². The predicted molar refractivity (Wildman–Crippen MR) is 66.4 cm³/mol. The topological polar surface area (TPSA) is 13.1 Å². The molecule has 80 valence electrons. The van der Waals surface area contributed by atoms with Crippen LogP contribution in [0.4, 0.5) is 4.39 Å². The van der Waals surface area contributed by atoms with E-state index in [1.807, 2.05) is 18.2 Å². The smallest absolute Gasteiger partial charge is 0.157 e. The van der Waals surface area contributed by atoms with Crippen LogP contribution in [0.2, 0.25) is 5.02 Å². The van der Waals surface area contributed by atoms with E-state index < -0.39 is 0 Å². The van der Waals surface area contributed by atoms with E-state index in [0.717, 1.165) is 9.86 Å². The third-order valence-electron chi connectivity index (χ3n) is 2.50. The highest BCUT2D eigenvalue weighted by Crippen LogP contribution is 2.37. The summed E-state index contributed by atoms with van der Waals surface area (Å²) in [4.78, 5) is 0. The lowest BCUT2D eigenvalue weighted by Crippen LogP contribution is -1.76. The molecule has 1 nitrogen and oxygen atoms in total. The van der Waals surface area contributed by atoms with Gasteiger partial charge in [0.1, 0.15) is 11.4 Å². The van der Waals surface area contributed by atoms with Crippen molar-refractivity contribution in [3.05, 3.63) is 45.6 Å². The van der Waals surface area contributed by atoms with Crippen LogP contribution in [0.5, 0.6) is 0 Å². The Balaban J connectivity index is 2.66. The summed E-state index contributed by atoms with van der Waals surface area (Å²) in [6.07, 6.45) is 0. The Morgan fingerprint density at radius 2 is 1.94 bits per heavy atom. The summed E-state index contributed by atoms with van der Waals surface area (Å²) in [5, 5.41) is 1.58. The van der Waals surface area contributed by atoms with Gasteiger partial charge in [0.05, 0.1) is 14.9 Å². The summed E-state index contributed by atoms with van der Waals surface area (Å²) in [6.45, 7) is 0. The fraction of sp³-hybridized carbons (Fsp3) is 0. The van der Waals surface area contributed by atoms with E-state index in [1.165, 1.54) is 12.1 Å². The van der Waals surface area contributed by atoms with Crippen molar-refractivity contribution < 1.29 is 8.81 Å². The number of fused-ring (bicyclic) bond motifs is 3. The highest BCUT2D eigenvalue weighted by atomic mass is 79.9. The van der Waals surface area contributed by atoms with Gasteiger partial charge >= 0.3 is 0 Å². The summed E-state index contributed by atoms with van der Waals surface area (Å²) in [5.74, 6) is -0.323. The van der Waals surface area contributed by atoms with Gasteiger partial charge in [-0.2, -0.15) is 0 Å². The summed E-state index contributed by atoms with van der Waals surface area (Å²) in [5.41, 5.74) is 1.01. The zero-order chi connectivity index (χ0) is 11.3. The van der Waals surface area contributed by atoms with Crippen molar-refractivity contribution in [3.8, 4) is 0 Å². The molecular weight excluding hydrogens is 294 g/mol. The van der Waals surface area contributed by atoms with Crippen molar-refractivity contribution in [1.29, 1.82) is 0 Å². The number of furan rings is 1. The maximum absolute atomic E-state index is 13.7. The van der Waals surface area contributed by atoms with Crippen molar-refractivity contribution in [3.63, 3.8) is 0 Å². The first kappa shape index (κ1) is 10.1. The lowest BCUT2D eigenvalue weighted by molar-refractivity contribution is 0.633. The van der Waals surface area contributed by atoms with Gasteiger partial charge in [-0.15, -0.1) is 0 Å². The van der Waals surface area contributed by atoms with Crippen molar-refractivity contribution in [2.45, 2.75) is 0 Å². The molecule has 0 aliphatic heterocycles. The maximum atomic E-state index is 13.7. The van der Waals surface area contributed by atoms with E-state index in [0.29, 0.717) is 21.6 Å². The van der Waals surface area contributed by atoms with E-state index in [1.54, 1.807) is 0 Å². The van der Waals surface area contributed by atoms with E-state index in [2.05, 4.69) is 15.9 Å². The summed E-state index contributed by atoms with van der Waals surface area (Å²) < 4.78 is 20.1. The van der Waals surface area contributed by atoms with Gasteiger partial charge in [0, 0.05) is 5.39 Å². The number of hydrogen-bond acceptors (Lipinski definition) is 1. The molecule has 0 spiro atoms. The van der Waals surface area contributed by atoms with Crippen molar-refractivity contribution in [2.75, 3.05) is 0 Å². The fourth-order valence-electron chi connectivity index (χ4n) is 1.80. The third kappa shape index (κ3) is 1.28. The molecular formula is C12H5BrClFO. The molecule has 0 saturated heterocycles. The monoisotopic (exact) mass is 298 g/mol. The minimum Gasteiger partial charge on any atom is -0.453 e. The Kier molecular flexibility index (Phi) is 2.19. The fourth-order valence-corrected chi connectivity index (χ4v) is 2.44. The van der Waals surface area contributed by atoms with Gasteiger partial charge in [0.2, 0.25) is 0 Å². The molecule has 0 atom stereocenters. The quantitative estimate of drug-likeness (QED) is 0.560. The maximum Gasteiger partial charge on any atom is 0.157 e. The second kappa shape index (κ2) is 3.47. The van der Waals surface area contributed by atoms with Crippen LogP contribution in [0.25, 0.3) is 21.9 Å². The molecule has 3 rings (SSSR count). The van der Waals surface area contributed by atoms with Crippen LogP contribution in [0.1, 0.15) is 0 Å². The number of hydrogen-bond donors (Lipinski definition) is 0. The molecule has 1 aromatic heterocycles. The summed E-state index contributed by atoms with van der Waals surface area (Å²) in [6, 6.07) is 8.33. The molecule has 0 radical (unpaired) electrons. The minimum atomic E-state index is -0.323. The Bertz CT molecular complexity index is 705. The highest BCUT2D eigenvalue weighted by Gasteiger charge is 2.15. The zero-order valence-electron chi connectivity index (χ0n) is 7.93. The second-order valence-corrected chi connectivity index (χ2v) is 4.71. The second-order valence-electron chi connectivity index (χ2n) is 3.45. The van der Waals surface area contributed by atoms with E-state index >= 15 is 0 Å². The summed E-state index contributed by atoms with van der Waals surface area (Å²) in [7, 11) is 0. The molecule has 16 heavy (non-hydrogen) atoms. The molecule has 0 bridgehead atoms. The molecule has 0 fully saturated rings. The molecule has 0 unspecified atom stereocenters. The van der Waals surface area contributed by atoms with Crippen LogP contribution < -0.4 is 0 Å². The molecule has 0 aliphatic carbocycles. The standard InChI is InChI=1S/C12H5BrClFO/c13-7-3-1-2-6-10-9(15)5-4-8(14)12(10)16-11(6)7/h1-5H. The molecule has 2 aromatic carbocycles. The van der Waals surface area contributed by atoms with Crippen LogP contribution in [-0.2, 0) is 0 Å². The number of para-hydroxylation sites is 1. The molecule has 0 amide bonds.